The van der Waals surface area contributed by atoms with Gasteiger partial charge < -0.3 is 15.3 Å². The zero-order valence-electron chi connectivity index (χ0n) is 12.6. The van der Waals surface area contributed by atoms with Crippen LogP contribution in [0, 0.1) is 11.8 Å². The van der Waals surface area contributed by atoms with Crippen molar-refractivity contribution in [3.8, 4) is 0 Å². The molecule has 2 atom stereocenters. The van der Waals surface area contributed by atoms with E-state index in [1.807, 2.05) is 4.90 Å². The van der Waals surface area contributed by atoms with Gasteiger partial charge in [-0.3, -0.25) is 4.79 Å². The highest BCUT2D eigenvalue weighted by Gasteiger charge is 2.38. The van der Waals surface area contributed by atoms with E-state index in [0.717, 1.165) is 45.1 Å². The summed E-state index contributed by atoms with van der Waals surface area (Å²) in [6, 6.07) is 0.181. The third kappa shape index (κ3) is 3.89. The van der Waals surface area contributed by atoms with Gasteiger partial charge in [0.05, 0.1) is 5.92 Å². The van der Waals surface area contributed by atoms with E-state index in [1.54, 1.807) is 0 Å². The molecule has 0 heterocycles. The van der Waals surface area contributed by atoms with Crippen molar-refractivity contribution in [1.82, 2.24) is 10.2 Å². The van der Waals surface area contributed by atoms with Crippen molar-refractivity contribution in [2.24, 2.45) is 11.8 Å². The second-order valence-corrected chi connectivity index (χ2v) is 6.97. The van der Waals surface area contributed by atoms with Crippen LogP contribution >= 0.6 is 0 Å². The standard InChI is InChI=1S/C16H26N2O3/c19-15(20)13-4-2-1-3-5-14(13)17-16(21)18(12-8-9-12)10-11-6-7-11/h11-14H,1-10H2,(H,17,21)(H,19,20). The molecule has 2 amide bonds. The van der Waals surface area contributed by atoms with Crippen LogP contribution in [0.25, 0.3) is 0 Å². The van der Waals surface area contributed by atoms with Gasteiger partial charge in [-0.2, -0.15) is 0 Å². The van der Waals surface area contributed by atoms with Crippen LogP contribution < -0.4 is 5.32 Å². The van der Waals surface area contributed by atoms with Crippen LogP contribution in [0.2, 0.25) is 0 Å². The maximum absolute atomic E-state index is 12.6. The Morgan fingerprint density at radius 3 is 2.33 bits per heavy atom. The topological polar surface area (TPSA) is 69.6 Å². The first-order valence-corrected chi connectivity index (χ1v) is 8.45. The molecule has 2 N–H and O–H groups in total. The van der Waals surface area contributed by atoms with E-state index in [4.69, 9.17) is 0 Å². The Balaban J connectivity index is 1.61. The van der Waals surface area contributed by atoms with E-state index in [9.17, 15) is 14.7 Å². The Hall–Kier alpha value is -1.26. The number of hydrogen-bond donors (Lipinski definition) is 2. The number of hydrogen-bond acceptors (Lipinski definition) is 2. The predicted octanol–water partition coefficient (Wildman–Crippen LogP) is 2.60. The molecule has 5 nitrogen and oxygen atoms in total. The van der Waals surface area contributed by atoms with Crippen LogP contribution in [0.5, 0.6) is 0 Å². The van der Waals surface area contributed by atoms with Crippen LogP contribution in [0.15, 0.2) is 0 Å². The normalized spacial score (nSPS) is 29.5. The van der Waals surface area contributed by atoms with Gasteiger partial charge in [-0.15, -0.1) is 0 Å². The molecule has 118 valence electrons. The SMILES string of the molecule is O=C(O)C1CCCCCC1NC(=O)N(CC1CC1)C1CC1. The summed E-state index contributed by atoms with van der Waals surface area (Å²) in [6.07, 6.45) is 9.20. The second-order valence-electron chi connectivity index (χ2n) is 6.97. The van der Waals surface area contributed by atoms with Gasteiger partial charge in [-0.05, 0) is 44.4 Å². The van der Waals surface area contributed by atoms with E-state index in [-0.39, 0.29) is 12.1 Å². The van der Waals surface area contributed by atoms with Gasteiger partial charge in [-0.25, -0.2) is 4.79 Å². The lowest BCUT2D eigenvalue weighted by Gasteiger charge is -2.28. The Labute approximate surface area is 126 Å². The monoisotopic (exact) mass is 294 g/mol. The molecular weight excluding hydrogens is 268 g/mol. The first-order valence-electron chi connectivity index (χ1n) is 8.45. The molecule has 0 spiro atoms. The van der Waals surface area contributed by atoms with Crippen molar-refractivity contribution < 1.29 is 14.7 Å². The van der Waals surface area contributed by atoms with E-state index in [1.165, 1.54) is 12.8 Å². The van der Waals surface area contributed by atoms with Crippen molar-refractivity contribution in [3.05, 3.63) is 0 Å². The molecule has 21 heavy (non-hydrogen) atoms. The molecular formula is C16H26N2O3. The molecule has 5 heteroatoms. The summed E-state index contributed by atoms with van der Waals surface area (Å²) < 4.78 is 0. The quantitative estimate of drug-likeness (QED) is 0.766. The zero-order valence-corrected chi connectivity index (χ0v) is 12.6. The molecule has 3 aliphatic carbocycles. The van der Waals surface area contributed by atoms with E-state index < -0.39 is 11.9 Å². The summed E-state index contributed by atoms with van der Waals surface area (Å²) in [6.45, 7) is 0.862. The Morgan fingerprint density at radius 1 is 1.00 bits per heavy atom. The summed E-state index contributed by atoms with van der Waals surface area (Å²) in [7, 11) is 0. The van der Waals surface area contributed by atoms with E-state index in [2.05, 4.69) is 5.32 Å². The largest absolute Gasteiger partial charge is 0.481 e. The van der Waals surface area contributed by atoms with Crippen LogP contribution in [-0.2, 0) is 4.79 Å². The van der Waals surface area contributed by atoms with Crippen LogP contribution in [0.3, 0.4) is 0 Å². The molecule has 0 aliphatic heterocycles. The fourth-order valence-corrected chi connectivity index (χ4v) is 3.38. The van der Waals surface area contributed by atoms with Gasteiger partial charge in [0.2, 0.25) is 0 Å². The number of aliphatic carboxylic acids is 1. The number of carbonyl (C=O) groups excluding carboxylic acids is 1. The van der Waals surface area contributed by atoms with Gasteiger partial charge in [-0.1, -0.05) is 19.3 Å². The highest BCUT2D eigenvalue weighted by atomic mass is 16.4. The molecule has 3 saturated carbocycles. The van der Waals surface area contributed by atoms with Crippen molar-refractivity contribution in [2.75, 3.05) is 6.54 Å². The van der Waals surface area contributed by atoms with Gasteiger partial charge in [0, 0.05) is 18.6 Å². The molecule has 0 bridgehead atoms. The first-order chi connectivity index (χ1) is 10.1. The number of nitrogens with one attached hydrogen (secondary N) is 1. The van der Waals surface area contributed by atoms with Gasteiger partial charge >= 0.3 is 12.0 Å². The van der Waals surface area contributed by atoms with Crippen molar-refractivity contribution in [1.29, 1.82) is 0 Å². The smallest absolute Gasteiger partial charge is 0.317 e. The van der Waals surface area contributed by atoms with Gasteiger partial charge in [0.1, 0.15) is 0 Å². The lowest BCUT2D eigenvalue weighted by molar-refractivity contribution is -0.142. The Bertz CT molecular complexity index is 404. The molecule has 0 saturated heterocycles. The summed E-state index contributed by atoms with van der Waals surface area (Å²) in [5.41, 5.74) is 0. The number of urea groups is 1. The van der Waals surface area contributed by atoms with Gasteiger partial charge in [0.15, 0.2) is 0 Å². The highest BCUT2D eigenvalue weighted by Crippen LogP contribution is 2.35. The second kappa shape index (κ2) is 6.24. The van der Waals surface area contributed by atoms with Crippen molar-refractivity contribution in [2.45, 2.75) is 69.9 Å². The molecule has 0 aromatic carbocycles. The number of carboxylic acids is 1. The minimum atomic E-state index is -0.762. The average Bonchev–Trinajstić information content (AvgIpc) is 3.29. The maximum atomic E-state index is 12.6. The Morgan fingerprint density at radius 2 is 1.71 bits per heavy atom. The number of carbonyl (C=O) groups is 2. The summed E-state index contributed by atoms with van der Waals surface area (Å²) in [5, 5.41) is 12.4. The molecule has 3 aliphatic rings. The van der Waals surface area contributed by atoms with Crippen LogP contribution in [-0.4, -0.2) is 40.6 Å². The van der Waals surface area contributed by atoms with Crippen LogP contribution in [0.1, 0.15) is 57.8 Å². The zero-order chi connectivity index (χ0) is 14.8. The average molecular weight is 294 g/mol. The van der Waals surface area contributed by atoms with E-state index >= 15 is 0 Å². The molecule has 3 fully saturated rings. The summed E-state index contributed by atoms with van der Waals surface area (Å²) in [4.78, 5) is 26.0. The molecule has 0 radical (unpaired) electrons. The van der Waals surface area contributed by atoms with Crippen molar-refractivity contribution in [3.63, 3.8) is 0 Å². The molecule has 0 aromatic rings. The summed E-state index contributed by atoms with van der Waals surface area (Å²) in [5.74, 6) is -0.499. The first kappa shape index (κ1) is 14.7. The third-order valence-corrected chi connectivity index (χ3v) is 5.04. The predicted molar refractivity (Wildman–Crippen MR) is 79.0 cm³/mol. The molecule has 2 unspecified atom stereocenters. The molecule has 3 rings (SSSR count). The highest BCUT2D eigenvalue weighted by molar-refractivity contribution is 5.77. The fraction of sp³-hybridized carbons (Fsp3) is 0.875. The third-order valence-electron chi connectivity index (χ3n) is 5.04. The molecule has 0 aromatic heterocycles. The number of amides is 2. The Kier molecular flexibility index (Phi) is 4.36. The van der Waals surface area contributed by atoms with Crippen LogP contribution in [0.4, 0.5) is 4.79 Å². The fourth-order valence-electron chi connectivity index (χ4n) is 3.38. The van der Waals surface area contributed by atoms with Gasteiger partial charge in [0.25, 0.3) is 0 Å². The minimum Gasteiger partial charge on any atom is -0.481 e. The van der Waals surface area contributed by atoms with Crippen molar-refractivity contribution >= 4 is 12.0 Å². The number of nitrogens with zero attached hydrogens (tertiary/aromatic N) is 1. The lowest BCUT2D eigenvalue weighted by atomic mass is 9.95. The lowest BCUT2D eigenvalue weighted by Crippen LogP contribution is -2.50. The number of rotatable bonds is 5. The maximum Gasteiger partial charge on any atom is 0.317 e. The number of carboxylic acid groups (broad SMARTS) is 1. The summed E-state index contributed by atoms with van der Waals surface area (Å²) >= 11 is 0. The minimum absolute atomic E-state index is 0.0254. The van der Waals surface area contributed by atoms with E-state index in [0.29, 0.717) is 18.4 Å².